The number of nitrogens with one attached hydrogen (secondary N) is 3. The minimum atomic E-state index is -0.303. The number of amides is 3. The Labute approximate surface area is 196 Å². The van der Waals surface area contributed by atoms with E-state index in [4.69, 9.17) is 0 Å². The highest BCUT2D eigenvalue weighted by atomic mass is 32.1. The van der Waals surface area contributed by atoms with Crippen molar-refractivity contribution in [3.8, 4) is 0 Å². The van der Waals surface area contributed by atoms with Crippen LogP contribution >= 0.6 is 11.3 Å². The lowest BCUT2D eigenvalue weighted by Gasteiger charge is -2.29. The summed E-state index contributed by atoms with van der Waals surface area (Å²) in [6, 6.07) is 3.65. The molecule has 0 saturated carbocycles. The summed E-state index contributed by atoms with van der Waals surface area (Å²) in [5, 5.41) is 10.2. The number of thiophene rings is 1. The summed E-state index contributed by atoms with van der Waals surface area (Å²) in [4.78, 5) is 38.4. The molecule has 3 aromatic heterocycles. The van der Waals surface area contributed by atoms with E-state index in [-0.39, 0.29) is 18.0 Å². The molecule has 0 spiro atoms. The Kier molecular flexibility index (Phi) is 5.76. The fraction of sp³-hybridized carbons (Fsp3) is 0.417. The van der Waals surface area contributed by atoms with Gasteiger partial charge in [-0.05, 0) is 56.3 Å². The van der Waals surface area contributed by atoms with Crippen LogP contribution in [0.25, 0.3) is 10.2 Å². The number of piperidine rings is 1. The van der Waals surface area contributed by atoms with E-state index >= 15 is 0 Å². The van der Waals surface area contributed by atoms with Gasteiger partial charge in [0, 0.05) is 24.5 Å². The molecule has 0 radical (unpaired) electrons. The van der Waals surface area contributed by atoms with E-state index < -0.39 is 0 Å². The Morgan fingerprint density at radius 2 is 2.18 bits per heavy atom. The number of rotatable bonds is 5. The number of aryl methyl sites for hydroxylation is 1. The van der Waals surface area contributed by atoms with Crippen molar-refractivity contribution in [3.63, 3.8) is 0 Å². The van der Waals surface area contributed by atoms with Gasteiger partial charge in [-0.25, -0.2) is 9.78 Å². The van der Waals surface area contributed by atoms with Gasteiger partial charge in [0.15, 0.2) is 0 Å². The highest BCUT2D eigenvalue weighted by Gasteiger charge is 2.34. The van der Waals surface area contributed by atoms with E-state index in [2.05, 4.69) is 39.8 Å². The van der Waals surface area contributed by atoms with Gasteiger partial charge in [0.2, 0.25) is 0 Å². The van der Waals surface area contributed by atoms with Crippen LogP contribution in [0, 0.1) is 12.8 Å². The van der Waals surface area contributed by atoms with E-state index in [0.29, 0.717) is 16.5 Å². The molecule has 3 N–H and O–H groups in total. The summed E-state index contributed by atoms with van der Waals surface area (Å²) < 4.78 is 0. The fourth-order valence-electron chi connectivity index (χ4n) is 4.58. The van der Waals surface area contributed by atoms with Gasteiger partial charge in [0.1, 0.15) is 9.71 Å². The average molecular weight is 465 g/mol. The van der Waals surface area contributed by atoms with Crippen LogP contribution in [0.2, 0.25) is 0 Å². The molecule has 5 heterocycles. The number of carbonyl (C=O) groups excluding carboxylic acids is 2. The van der Waals surface area contributed by atoms with Crippen molar-refractivity contribution in [1.82, 2.24) is 20.6 Å². The van der Waals surface area contributed by atoms with Crippen molar-refractivity contribution in [2.45, 2.75) is 46.1 Å². The summed E-state index contributed by atoms with van der Waals surface area (Å²) >= 11 is 1.31. The van der Waals surface area contributed by atoms with Crippen molar-refractivity contribution >= 4 is 50.6 Å². The maximum Gasteiger partial charge on any atom is 0.331 e. The summed E-state index contributed by atoms with van der Waals surface area (Å²) in [6.07, 6.45) is 6.31. The predicted molar refractivity (Wildman–Crippen MR) is 132 cm³/mol. The number of hydrogen-bond donors (Lipinski definition) is 3. The molecule has 1 atom stereocenters. The fourth-order valence-corrected chi connectivity index (χ4v) is 5.60. The van der Waals surface area contributed by atoms with Crippen LogP contribution in [0.3, 0.4) is 0 Å². The lowest BCUT2D eigenvalue weighted by atomic mass is 10.0. The Hall–Kier alpha value is -3.04. The van der Waals surface area contributed by atoms with Crippen molar-refractivity contribution in [1.29, 1.82) is 0 Å². The number of hydrogen-bond acceptors (Lipinski definition) is 6. The van der Waals surface area contributed by atoms with Crippen molar-refractivity contribution in [3.05, 3.63) is 40.7 Å². The Morgan fingerprint density at radius 1 is 1.33 bits per heavy atom. The number of urea groups is 1. The molecule has 0 bridgehead atoms. The first kappa shape index (κ1) is 21.8. The highest BCUT2D eigenvalue weighted by molar-refractivity contribution is 7.21. The molecular weight excluding hydrogens is 436 g/mol. The van der Waals surface area contributed by atoms with Crippen LogP contribution < -0.4 is 20.9 Å². The maximum absolute atomic E-state index is 13.3. The van der Waals surface area contributed by atoms with Crippen LogP contribution in [0.15, 0.2) is 24.5 Å². The van der Waals surface area contributed by atoms with Gasteiger partial charge >= 0.3 is 6.03 Å². The Bertz CT molecular complexity index is 1230. The molecule has 3 aromatic rings. The zero-order chi connectivity index (χ0) is 23.1. The third-order valence-electron chi connectivity index (χ3n) is 6.08. The first-order valence-corrected chi connectivity index (χ1v) is 12.2. The van der Waals surface area contributed by atoms with Crippen LogP contribution in [0.5, 0.6) is 0 Å². The van der Waals surface area contributed by atoms with Gasteiger partial charge in [0.05, 0.1) is 28.6 Å². The number of aromatic nitrogens is 2. The summed E-state index contributed by atoms with van der Waals surface area (Å²) in [7, 11) is 0. The monoisotopic (exact) mass is 464 g/mol. The van der Waals surface area contributed by atoms with Crippen LogP contribution in [-0.2, 0) is 6.42 Å². The minimum absolute atomic E-state index is 0.0879. The lowest BCUT2D eigenvalue weighted by Crippen LogP contribution is -2.45. The second-order valence-corrected chi connectivity index (χ2v) is 10.2. The second kappa shape index (κ2) is 8.72. The SMILES string of the molecule is Cc1cc(CC(C)C)ncc1N1C(=O)Nc2c(C(=O)NC3CCCNC3)sc3nccc1c23. The summed E-state index contributed by atoms with van der Waals surface area (Å²) in [5.74, 6) is 0.334. The van der Waals surface area contributed by atoms with Crippen molar-refractivity contribution in [2.24, 2.45) is 5.92 Å². The number of nitrogens with zero attached hydrogens (tertiary/aromatic N) is 3. The molecule has 0 aromatic carbocycles. The van der Waals surface area contributed by atoms with Crippen LogP contribution in [-0.4, -0.2) is 41.0 Å². The normalized spacial score (nSPS) is 18.0. The molecule has 1 unspecified atom stereocenters. The molecule has 0 aliphatic carbocycles. The van der Waals surface area contributed by atoms with E-state index in [0.717, 1.165) is 65.2 Å². The first-order valence-electron chi connectivity index (χ1n) is 11.4. The van der Waals surface area contributed by atoms with Gasteiger partial charge < -0.3 is 16.0 Å². The molecule has 5 rings (SSSR count). The summed E-state index contributed by atoms with van der Waals surface area (Å²) in [6.45, 7) is 8.05. The van der Waals surface area contributed by atoms with Crippen LogP contribution in [0.1, 0.15) is 47.6 Å². The van der Waals surface area contributed by atoms with E-state index in [9.17, 15) is 9.59 Å². The molecule has 3 amide bonds. The zero-order valence-corrected chi connectivity index (χ0v) is 19.9. The molecule has 2 aliphatic heterocycles. The Balaban J connectivity index is 1.53. The molecule has 8 nitrogen and oxygen atoms in total. The highest BCUT2D eigenvalue weighted by Crippen LogP contribution is 2.46. The third-order valence-corrected chi connectivity index (χ3v) is 7.18. The molecule has 33 heavy (non-hydrogen) atoms. The second-order valence-electron chi connectivity index (χ2n) is 9.16. The van der Waals surface area contributed by atoms with E-state index in [1.54, 1.807) is 17.3 Å². The molecule has 2 aliphatic rings. The molecule has 172 valence electrons. The van der Waals surface area contributed by atoms with Gasteiger partial charge in [-0.1, -0.05) is 13.8 Å². The maximum atomic E-state index is 13.3. The minimum Gasteiger partial charge on any atom is -0.347 e. The van der Waals surface area contributed by atoms with E-state index in [1.807, 2.05) is 19.1 Å². The summed E-state index contributed by atoms with van der Waals surface area (Å²) in [5.41, 5.74) is 3.97. The molecular formula is C24H28N6O2S. The quantitative estimate of drug-likeness (QED) is 0.521. The van der Waals surface area contributed by atoms with E-state index in [1.165, 1.54) is 11.3 Å². The van der Waals surface area contributed by atoms with Gasteiger partial charge in [0.25, 0.3) is 5.91 Å². The molecule has 1 fully saturated rings. The van der Waals surface area contributed by atoms with Gasteiger partial charge in [-0.15, -0.1) is 11.3 Å². The number of carbonyl (C=O) groups is 2. The zero-order valence-electron chi connectivity index (χ0n) is 19.1. The van der Waals surface area contributed by atoms with Crippen molar-refractivity contribution in [2.75, 3.05) is 23.3 Å². The van der Waals surface area contributed by atoms with Crippen LogP contribution in [0.4, 0.5) is 21.9 Å². The standard InChI is InChI=1S/C24H28N6O2S/c1-13(2)9-16-10-14(3)18(12-27-16)30-17-6-8-26-23-19(17)20(29-24(30)32)21(33-23)22(31)28-15-5-4-7-25-11-15/h6,8,10,12-13,15,25H,4-5,7,9,11H2,1-3H3,(H,28,31)(H,29,32). The van der Waals surface area contributed by atoms with Crippen molar-refractivity contribution < 1.29 is 9.59 Å². The largest absolute Gasteiger partial charge is 0.347 e. The number of anilines is 3. The van der Waals surface area contributed by atoms with Gasteiger partial charge in [-0.3, -0.25) is 14.7 Å². The van der Waals surface area contributed by atoms with Gasteiger partial charge in [-0.2, -0.15) is 0 Å². The topological polar surface area (TPSA) is 99.2 Å². The average Bonchev–Trinajstić information content (AvgIpc) is 3.15. The molecule has 9 heteroatoms. The first-order chi connectivity index (χ1) is 15.9. The Morgan fingerprint density at radius 3 is 2.91 bits per heavy atom. The third kappa shape index (κ3) is 4.06. The molecule has 1 saturated heterocycles. The predicted octanol–water partition coefficient (Wildman–Crippen LogP) is 4.36. The number of pyridine rings is 2. The lowest BCUT2D eigenvalue weighted by molar-refractivity contribution is 0.0935. The smallest absolute Gasteiger partial charge is 0.331 e.